The molecule has 2 aromatic carbocycles. The molecule has 0 unspecified atom stereocenters. The molecule has 2 aromatic rings. The lowest BCUT2D eigenvalue weighted by molar-refractivity contribution is -0.138. The van der Waals surface area contributed by atoms with Crippen LogP contribution in [0.25, 0.3) is 6.08 Å². The van der Waals surface area contributed by atoms with Gasteiger partial charge in [0.1, 0.15) is 17.6 Å². The molecule has 0 amide bonds. The van der Waals surface area contributed by atoms with Crippen LogP contribution in [0.4, 0.5) is 17.1 Å². The Morgan fingerprint density at radius 2 is 1.66 bits per heavy atom. The number of nitriles is 1. The molecule has 0 radical (unpaired) electrons. The van der Waals surface area contributed by atoms with E-state index in [-0.39, 0.29) is 11.5 Å². The highest BCUT2D eigenvalue weighted by atomic mass is 32.2. The van der Waals surface area contributed by atoms with E-state index < -0.39 is 15.8 Å². The summed E-state index contributed by atoms with van der Waals surface area (Å²) in [6, 6.07) is 15.8. The number of benzene rings is 2. The number of nitrogens with zero attached hydrogens (tertiary/aromatic N) is 4. The third kappa shape index (κ3) is 7.49. The third-order valence-electron chi connectivity index (χ3n) is 4.28. The van der Waals surface area contributed by atoms with Crippen LogP contribution in [-0.4, -0.2) is 40.8 Å². The average molecular weight is 453 g/mol. The first-order chi connectivity index (χ1) is 15.1. The maximum Gasteiger partial charge on any atom is 0.333 e. The molecular formula is C23H24N4O4S. The van der Waals surface area contributed by atoms with Crippen molar-refractivity contribution in [2.75, 3.05) is 31.4 Å². The molecule has 0 aromatic heterocycles. The van der Waals surface area contributed by atoms with Gasteiger partial charge in [-0.25, -0.2) is 13.2 Å². The van der Waals surface area contributed by atoms with Crippen LogP contribution in [0.3, 0.4) is 0 Å². The standard InChI is InChI=1S/C23H24N4O4S/c1-17(2)23(28)31-14-13-27(3)21-11-9-20(10-12-21)26-25-19-7-5-18(6-8-19)15-22(16-24)32(4,29)30/h5-12,15H,1,13-14H2,2-4H3. The fraction of sp³-hybridized carbons (Fsp3) is 0.217. The Hall–Kier alpha value is -3.77. The first-order valence-electron chi connectivity index (χ1n) is 9.57. The average Bonchev–Trinajstić information content (AvgIpc) is 2.76. The number of azo groups is 1. The summed E-state index contributed by atoms with van der Waals surface area (Å²) in [4.78, 5) is 13.1. The number of hydrogen-bond donors (Lipinski definition) is 0. The Balaban J connectivity index is 1.98. The van der Waals surface area contributed by atoms with E-state index in [0.717, 1.165) is 11.9 Å². The lowest BCUT2D eigenvalue weighted by Gasteiger charge is -2.19. The van der Waals surface area contributed by atoms with Gasteiger partial charge in [0.05, 0.1) is 17.9 Å². The second-order valence-corrected chi connectivity index (χ2v) is 9.02. The summed E-state index contributed by atoms with van der Waals surface area (Å²) in [5.41, 5.74) is 3.12. The molecule has 8 nitrogen and oxygen atoms in total. The predicted octanol–water partition coefficient (Wildman–Crippen LogP) is 4.57. The van der Waals surface area contributed by atoms with Gasteiger partial charge in [0, 0.05) is 24.6 Å². The van der Waals surface area contributed by atoms with Crippen LogP contribution in [0.5, 0.6) is 0 Å². The number of ether oxygens (including phenoxy) is 1. The molecule has 0 spiro atoms. The highest BCUT2D eigenvalue weighted by Crippen LogP contribution is 2.22. The smallest absolute Gasteiger partial charge is 0.333 e. The predicted molar refractivity (Wildman–Crippen MR) is 125 cm³/mol. The van der Waals surface area contributed by atoms with Crippen LogP contribution < -0.4 is 4.90 Å². The zero-order valence-electron chi connectivity index (χ0n) is 18.1. The van der Waals surface area contributed by atoms with E-state index in [9.17, 15) is 13.2 Å². The van der Waals surface area contributed by atoms with Crippen LogP contribution in [0.15, 0.2) is 75.8 Å². The second kappa shape index (κ2) is 11.0. The molecule has 0 saturated heterocycles. The van der Waals surface area contributed by atoms with Crippen molar-refractivity contribution in [1.29, 1.82) is 5.26 Å². The molecule has 32 heavy (non-hydrogen) atoms. The number of sulfone groups is 1. The Morgan fingerprint density at radius 1 is 1.12 bits per heavy atom. The molecule has 0 aliphatic rings. The number of carbonyl (C=O) groups is 1. The van der Waals surface area contributed by atoms with Gasteiger partial charge in [0.25, 0.3) is 0 Å². The van der Waals surface area contributed by atoms with Crippen LogP contribution in [0, 0.1) is 11.3 Å². The fourth-order valence-corrected chi connectivity index (χ4v) is 2.94. The summed E-state index contributed by atoms with van der Waals surface area (Å²) in [6.07, 6.45) is 2.30. The van der Waals surface area contributed by atoms with Gasteiger partial charge in [-0.1, -0.05) is 18.7 Å². The molecule has 9 heteroatoms. The van der Waals surface area contributed by atoms with Gasteiger partial charge in [-0.15, -0.1) is 0 Å². The van der Waals surface area contributed by atoms with E-state index in [2.05, 4.69) is 16.8 Å². The van der Waals surface area contributed by atoms with Crippen molar-refractivity contribution in [2.24, 2.45) is 10.2 Å². The Bertz CT molecular complexity index is 1180. The Kier molecular flexibility index (Phi) is 8.44. The molecule has 0 N–H and O–H groups in total. The van der Waals surface area contributed by atoms with E-state index in [1.165, 1.54) is 6.08 Å². The normalized spacial score (nSPS) is 11.8. The summed E-state index contributed by atoms with van der Waals surface area (Å²) in [6.45, 7) is 5.94. The van der Waals surface area contributed by atoms with E-state index in [1.807, 2.05) is 36.2 Å². The van der Waals surface area contributed by atoms with Gasteiger partial charge < -0.3 is 9.64 Å². The third-order valence-corrected chi connectivity index (χ3v) is 5.29. The molecule has 0 saturated carbocycles. The van der Waals surface area contributed by atoms with Gasteiger partial charge in [0.15, 0.2) is 9.84 Å². The van der Waals surface area contributed by atoms with E-state index in [4.69, 9.17) is 10.00 Å². The van der Waals surface area contributed by atoms with Crippen molar-refractivity contribution in [1.82, 2.24) is 0 Å². The zero-order chi connectivity index (χ0) is 23.7. The van der Waals surface area contributed by atoms with E-state index in [1.54, 1.807) is 37.3 Å². The molecular weight excluding hydrogens is 428 g/mol. The van der Waals surface area contributed by atoms with Gasteiger partial charge in [0.2, 0.25) is 0 Å². The first kappa shape index (κ1) is 24.5. The fourth-order valence-electron chi connectivity index (χ4n) is 2.43. The summed E-state index contributed by atoms with van der Waals surface area (Å²) < 4.78 is 28.1. The molecule has 0 atom stereocenters. The largest absolute Gasteiger partial charge is 0.460 e. The molecule has 0 fully saturated rings. The Morgan fingerprint density at radius 3 is 2.12 bits per heavy atom. The molecule has 0 aliphatic heterocycles. The topological polar surface area (TPSA) is 112 Å². The lowest BCUT2D eigenvalue weighted by atomic mass is 10.2. The minimum absolute atomic E-state index is 0.259. The monoisotopic (exact) mass is 452 g/mol. The summed E-state index contributed by atoms with van der Waals surface area (Å²) >= 11 is 0. The number of esters is 1. The molecule has 166 valence electrons. The number of hydrogen-bond acceptors (Lipinski definition) is 8. The minimum Gasteiger partial charge on any atom is -0.460 e. The molecule has 0 aliphatic carbocycles. The van der Waals surface area contributed by atoms with Crippen LogP contribution in [0.1, 0.15) is 12.5 Å². The maximum atomic E-state index is 11.5. The molecule has 0 bridgehead atoms. The van der Waals surface area contributed by atoms with Crippen LogP contribution >= 0.6 is 0 Å². The molecule has 2 rings (SSSR count). The van der Waals surface area contributed by atoms with Crippen molar-refractivity contribution < 1.29 is 17.9 Å². The highest BCUT2D eigenvalue weighted by Gasteiger charge is 2.10. The summed E-state index contributed by atoms with van der Waals surface area (Å²) in [7, 11) is -1.67. The SMILES string of the molecule is C=C(C)C(=O)OCCN(C)c1ccc(N=Nc2ccc(C=C(C#N)S(C)(=O)=O)cc2)cc1. The van der Waals surface area contributed by atoms with Crippen molar-refractivity contribution in [3.05, 3.63) is 71.2 Å². The maximum absolute atomic E-state index is 11.5. The van der Waals surface area contributed by atoms with Crippen molar-refractivity contribution >= 4 is 38.9 Å². The zero-order valence-corrected chi connectivity index (χ0v) is 19.0. The van der Waals surface area contributed by atoms with Crippen LogP contribution in [-0.2, 0) is 19.4 Å². The minimum atomic E-state index is -3.56. The second-order valence-electron chi connectivity index (χ2n) is 7.04. The van der Waals surface area contributed by atoms with E-state index in [0.29, 0.717) is 29.1 Å². The van der Waals surface area contributed by atoms with E-state index >= 15 is 0 Å². The van der Waals surface area contributed by atoms with Gasteiger partial charge in [-0.2, -0.15) is 15.5 Å². The quantitative estimate of drug-likeness (QED) is 0.238. The number of anilines is 1. The number of likely N-dealkylation sites (N-methyl/N-ethyl adjacent to an activating group) is 1. The first-order valence-corrected chi connectivity index (χ1v) is 11.5. The number of rotatable bonds is 9. The van der Waals surface area contributed by atoms with Crippen LogP contribution in [0.2, 0.25) is 0 Å². The summed E-state index contributed by atoms with van der Waals surface area (Å²) in [5, 5.41) is 17.3. The van der Waals surface area contributed by atoms with Gasteiger partial charge in [-0.3, -0.25) is 0 Å². The lowest BCUT2D eigenvalue weighted by Crippen LogP contribution is -2.23. The highest BCUT2D eigenvalue weighted by molar-refractivity contribution is 7.95. The van der Waals surface area contributed by atoms with Crippen molar-refractivity contribution in [3.8, 4) is 6.07 Å². The van der Waals surface area contributed by atoms with Gasteiger partial charge in [-0.05, 0) is 55.0 Å². The number of carbonyl (C=O) groups excluding carboxylic acids is 1. The Labute approximate surface area is 188 Å². The molecule has 0 heterocycles. The van der Waals surface area contributed by atoms with Crippen molar-refractivity contribution in [3.63, 3.8) is 0 Å². The summed E-state index contributed by atoms with van der Waals surface area (Å²) in [5.74, 6) is -0.404. The van der Waals surface area contributed by atoms with Crippen molar-refractivity contribution in [2.45, 2.75) is 6.92 Å². The van der Waals surface area contributed by atoms with Gasteiger partial charge >= 0.3 is 5.97 Å². The number of allylic oxidation sites excluding steroid dienone is 1.